The summed E-state index contributed by atoms with van der Waals surface area (Å²) in [7, 11) is 0. The van der Waals surface area contributed by atoms with E-state index in [1.807, 2.05) is 162 Å². The number of benzene rings is 16. The lowest BCUT2D eigenvalue weighted by atomic mass is 9.67. The lowest BCUT2D eigenvalue weighted by Crippen LogP contribution is -2.29. The Morgan fingerprint density at radius 3 is 0.858 bits per heavy atom. The summed E-state index contributed by atoms with van der Waals surface area (Å²) in [6, 6.07) is 113. The van der Waals surface area contributed by atoms with Gasteiger partial charge in [-0.05, 0) is 280 Å². The average Bonchev–Trinajstić information content (AvgIpc) is 1.48. The van der Waals surface area contributed by atoms with Gasteiger partial charge < -0.3 is 19.3 Å². The molecular formula is C104H67F5N2O2. The molecule has 3 atom stereocenters. The maximum atomic E-state index is 17.8. The van der Waals surface area contributed by atoms with Crippen molar-refractivity contribution in [2.75, 3.05) is 9.80 Å². The van der Waals surface area contributed by atoms with Crippen molar-refractivity contribution in [3.63, 3.8) is 0 Å². The monoisotopic (exact) mass is 1470 g/mol. The molecule has 0 fully saturated rings. The van der Waals surface area contributed by atoms with E-state index in [4.69, 9.17) is 9.47 Å². The van der Waals surface area contributed by atoms with Gasteiger partial charge >= 0.3 is 0 Å². The Hall–Kier alpha value is -14.2. The Balaban J connectivity index is 0.773. The Morgan fingerprint density at radius 1 is 0.257 bits per heavy atom. The van der Waals surface area contributed by atoms with Crippen molar-refractivity contribution in [2.24, 2.45) is 0 Å². The van der Waals surface area contributed by atoms with E-state index in [2.05, 4.69) is 171 Å². The van der Waals surface area contributed by atoms with Gasteiger partial charge in [0, 0.05) is 28.8 Å². The van der Waals surface area contributed by atoms with Crippen LogP contribution in [0.4, 0.5) is 56.1 Å². The molecule has 4 nitrogen and oxygen atoms in total. The highest BCUT2D eigenvalue weighted by atomic mass is 19.1. The molecule has 4 aliphatic carbocycles. The van der Waals surface area contributed by atoms with Crippen LogP contribution in [-0.2, 0) is 16.2 Å². The lowest BCUT2D eigenvalue weighted by molar-refractivity contribution is 0.482. The maximum Gasteiger partial charge on any atom is 0.150 e. The summed E-state index contributed by atoms with van der Waals surface area (Å²) < 4.78 is 94.9. The zero-order chi connectivity index (χ0) is 76.4. The van der Waals surface area contributed by atoms with Crippen molar-refractivity contribution in [2.45, 2.75) is 23.2 Å². The number of hydrogen-bond acceptors (Lipinski definition) is 4. The van der Waals surface area contributed by atoms with Crippen LogP contribution in [0.1, 0.15) is 83.5 Å². The van der Waals surface area contributed by atoms with Crippen LogP contribution < -0.4 is 19.3 Å². The van der Waals surface area contributed by atoms with Crippen molar-refractivity contribution in [1.29, 1.82) is 0 Å². The third kappa shape index (κ3) is 10.6. The molecule has 0 aromatic heterocycles. The predicted molar refractivity (Wildman–Crippen MR) is 444 cm³/mol. The summed E-state index contributed by atoms with van der Waals surface area (Å²) in [5, 5.41) is 0. The Morgan fingerprint density at radius 2 is 0.531 bits per heavy atom. The van der Waals surface area contributed by atoms with Crippen LogP contribution in [0.3, 0.4) is 0 Å². The molecule has 0 bridgehead atoms. The molecule has 16 aromatic rings. The van der Waals surface area contributed by atoms with E-state index in [1.165, 1.54) is 36.4 Å². The number of ether oxygens (including phenoxy) is 2. The second-order valence-corrected chi connectivity index (χ2v) is 29.4. The fourth-order valence-electron chi connectivity index (χ4n) is 18.7. The second kappa shape index (κ2) is 26.6. The second-order valence-electron chi connectivity index (χ2n) is 29.4. The van der Waals surface area contributed by atoms with Gasteiger partial charge in [0.15, 0.2) is 0 Å². The minimum Gasteiger partial charge on any atom is -0.457 e. The molecule has 20 rings (SSSR count). The average molecular weight is 1470 g/mol. The molecule has 0 radical (unpaired) electrons. The molecule has 0 saturated heterocycles. The highest BCUT2D eigenvalue weighted by molar-refractivity contribution is 5.99. The zero-order valence-corrected chi connectivity index (χ0v) is 61.2. The Kier molecular flexibility index (Phi) is 16.0. The van der Waals surface area contributed by atoms with E-state index in [0.29, 0.717) is 51.4 Å². The molecule has 0 amide bonds. The van der Waals surface area contributed by atoms with Gasteiger partial charge in [-0.1, -0.05) is 226 Å². The zero-order valence-electron chi connectivity index (χ0n) is 61.2. The highest BCUT2D eigenvalue weighted by Crippen LogP contribution is 2.66. The largest absolute Gasteiger partial charge is 0.457 e. The minimum atomic E-state index is -1.07. The van der Waals surface area contributed by atoms with E-state index >= 15 is 22.0 Å². The summed E-state index contributed by atoms with van der Waals surface area (Å²) in [6.45, 7) is 9.70. The first-order valence-corrected chi connectivity index (χ1v) is 37.7. The number of halogens is 5. The first kappa shape index (κ1) is 68.1. The molecule has 0 aliphatic heterocycles. The van der Waals surface area contributed by atoms with Gasteiger partial charge in [0.2, 0.25) is 0 Å². The summed E-state index contributed by atoms with van der Waals surface area (Å²) in [6.07, 6.45) is 3.57. The molecule has 3 unspecified atom stereocenters. The van der Waals surface area contributed by atoms with Gasteiger partial charge in [-0.3, -0.25) is 0 Å². The number of aryl methyl sites for hydroxylation is 1. The molecule has 9 heteroatoms. The summed E-state index contributed by atoms with van der Waals surface area (Å²) in [5.74, 6) is -0.135. The van der Waals surface area contributed by atoms with Crippen LogP contribution in [0.2, 0.25) is 0 Å². The number of hydrogen-bond donors (Lipinski definition) is 0. The van der Waals surface area contributed by atoms with E-state index < -0.39 is 33.7 Å². The van der Waals surface area contributed by atoms with Crippen molar-refractivity contribution in [1.82, 2.24) is 0 Å². The molecular weight excluding hydrogens is 1400 g/mol. The molecule has 1 spiro atoms. The lowest BCUT2D eigenvalue weighted by Gasteiger charge is -2.36. The molecule has 0 saturated carbocycles. The molecule has 0 N–H and O–H groups in total. The van der Waals surface area contributed by atoms with Crippen LogP contribution >= 0.6 is 0 Å². The maximum absolute atomic E-state index is 17.8. The quantitative estimate of drug-likeness (QED) is 0.0900. The molecule has 540 valence electrons. The summed E-state index contributed by atoms with van der Waals surface area (Å²) in [5.41, 5.74) is 21.3. The van der Waals surface area contributed by atoms with Crippen LogP contribution in [0.15, 0.2) is 365 Å². The number of nitrogens with zero attached hydrogens (tertiary/aromatic N) is 2. The van der Waals surface area contributed by atoms with Crippen LogP contribution in [0.25, 0.3) is 56.7 Å². The minimum absolute atomic E-state index is 0.101. The predicted octanol–water partition coefficient (Wildman–Crippen LogP) is 27.6. The molecule has 4 aliphatic rings. The van der Waals surface area contributed by atoms with E-state index in [1.54, 1.807) is 18.2 Å². The van der Waals surface area contributed by atoms with Gasteiger partial charge in [-0.25, -0.2) is 22.0 Å². The van der Waals surface area contributed by atoms with Crippen molar-refractivity contribution >= 4 is 46.3 Å². The third-order valence-electron chi connectivity index (χ3n) is 23.5. The summed E-state index contributed by atoms with van der Waals surface area (Å²) in [4.78, 5) is 3.89. The summed E-state index contributed by atoms with van der Waals surface area (Å²) >= 11 is 0. The molecule has 0 heterocycles. The number of anilines is 6. The fraction of sp³-hybridized carbons (Fsp3) is 0.0385. The normalized spacial score (nSPS) is 16.1. The van der Waals surface area contributed by atoms with Crippen LogP contribution in [0.5, 0.6) is 23.0 Å². The Labute approximate surface area is 651 Å². The van der Waals surface area contributed by atoms with E-state index in [-0.39, 0.29) is 17.3 Å². The molecule has 16 aromatic carbocycles. The first-order valence-electron chi connectivity index (χ1n) is 37.7. The fourth-order valence-corrected chi connectivity index (χ4v) is 18.7. The highest BCUT2D eigenvalue weighted by Gasteiger charge is 2.53. The molecule has 113 heavy (non-hydrogen) atoms. The van der Waals surface area contributed by atoms with Crippen molar-refractivity contribution < 1.29 is 31.4 Å². The van der Waals surface area contributed by atoms with Crippen molar-refractivity contribution in [3.8, 4) is 67.5 Å². The Bertz CT molecular complexity index is 6160. The number of fused-ring (bicyclic) bond motifs is 16. The van der Waals surface area contributed by atoms with E-state index in [0.717, 1.165) is 134 Å². The van der Waals surface area contributed by atoms with Crippen molar-refractivity contribution in [3.05, 3.63) is 478 Å². The first-order chi connectivity index (χ1) is 55.3. The van der Waals surface area contributed by atoms with Crippen LogP contribution in [0, 0.1) is 36.0 Å². The van der Waals surface area contributed by atoms with Gasteiger partial charge in [-0.15, -0.1) is 0 Å². The topological polar surface area (TPSA) is 24.9 Å². The SMILES string of the molecule is C=Cc1ccc(Oc2ccc(C3(c4ccc(F)cc4)c4ccccc4-c4ccc(N(c5ccc6c(c5)C5(c7ccccc7-6)c6ccccc6-c6ccc(N(c7ccc8c(c7)C(c7ccc(F)cc7)(c7ccc(Oc9ccc(C=C)cc9)cc7)c7ccccc7-8)c7ccc(F)cc7F)cc65)c5ccc(C)cc5F)cc43)cc2)cc1. The van der Waals surface area contributed by atoms with Crippen LogP contribution in [-0.4, -0.2) is 0 Å². The van der Waals surface area contributed by atoms with E-state index in [9.17, 15) is 0 Å². The van der Waals surface area contributed by atoms with Gasteiger partial charge in [0.05, 0.1) is 27.6 Å². The van der Waals surface area contributed by atoms with Gasteiger partial charge in [0.25, 0.3) is 0 Å². The number of rotatable bonds is 16. The van der Waals surface area contributed by atoms with Gasteiger partial charge in [0.1, 0.15) is 52.1 Å². The smallest absolute Gasteiger partial charge is 0.150 e. The standard InChI is InChI=1S/C104H67F5N2O2/c1-4-65-23-44-78(45-24-65)112-80-48-31-69(32-49-80)102(67-27-35-71(105)36-28-67)90-18-10-6-14-82(90)86-52-40-74(60-94(86)102)110(100-56-22-64(3)58-98(100)108)76-42-54-88-84-16-8-12-20-92(84)104(96(88)62-76)93-21-13-9-17-85(93)89-55-43-77(63-97(89)104)111(101-57-39-73(107)59-99(101)109)75-41-53-87-83-15-7-11-19-91(83)103(95(87)61-75,68-29-37-72(106)38-30-68)70-33-50-81(51-34-70)113-79-46-25-66(5-2)26-47-79/h4-63H,1-2H2,3H3. The third-order valence-corrected chi connectivity index (χ3v) is 23.5. The van der Waals surface area contributed by atoms with Gasteiger partial charge in [-0.2, -0.15) is 0 Å².